The lowest BCUT2D eigenvalue weighted by Crippen LogP contribution is -2.44. The first-order valence-electron chi connectivity index (χ1n) is 6.39. The van der Waals surface area contributed by atoms with Crippen molar-refractivity contribution in [3.63, 3.8) is 0 Å². The van der Waals surface area contributed by atoms with Gasteiger partial charge >= 0.3 is 0 Å². The molecule has 0 radical (unpaired) electrons. The number of nitriles is 1. The van der Waals surface area contributed by atoms with Crippen LogP contribution in [0, 0.1) is 11.3 Å². The Balaban J connectivity index is 2.41. The molecule has 0 spiro atoms. The Morgan fingerprint density at radius 3 is 2.47 bits per heavy atom. The first-order valence-corrected chi connectivity index (χ1v) is 7.33. The average Bonchev–Trinajstić information content (AvgIpc) is 3.00. The highest BCUT2D eigenvalue weighted by Crippen LogP contribution is 2.29. The maximum absolute atomic E-state index is 9.48. The monoisotopic (exact) mass is 256 g/mol. The number of thioether (sulfide) groups is 1. The van der Waals surface area contributed by atoms with Gasteiger partial charge in [0, 0.05) is 16.5 Å². The lowest BCUT2D eigenvalue weighted by Gasteiger charge is -2.28. The van der Waals surface area contributed by atoms with Crippen molar-refractivity contribution in [2.75, 3.05) is 0 Å². The summed E-state index contributed by atoms with van der Waals surface area (Å²) >= 11 is 1.76. The van der Waals surface area contributed by atoms with Crippen molar-refractivity contribution in [3.05, 3.63) is 0 Å². The Hall–Kier alpha value is -0.240. The van der Waals surface area contributed by atoms with Crippen LogP contribution in [0.25, 0.3) is 0 Å². The second-order valence-corrected chi connectivity index (χ2v) is 7.28. The molecule has 1 rings (SSSR count). The number of nitrogens with zero attached hydrogens (tertiary/aromatic N) is 1. The zero-order valence-electron chi connectivity index (χ0n) is 11.2. The molecule has 1 fully saturated rings. The molecule has 0 aromatic heterocycles. The first-order chi connectivity index (χ1) is 7.86. The molecule has 1 aliphatic carbocycles. The molecule has 0 saturated heterocycles. The van der Waals surface area contributed by atoms with Gasteiger partial charge in [0.2, 0.25) is 0 Å². The maximum Gasteiger partial charge on any atom is 0.105 e. The number of rotatable bonds is 7. The van der Waals surface area contributed by atoms with Gasteiger partial charge in [-0.1, -0.05) is 13.8 Å². The van der Waals surface area contributed by atoms with Crippen LogP contribution < -0.4 is 5.32 Å². The molecule has 0 heterocycles. The maximum atomic E-state index is 9.48. The summed E-state index contributed by atoms with van der Waals surface area (Å²) in [6.07, 6.45) is 2.92. The topological polar surface area (TPSA) is 56.0 Å². The minimum Gasteiger partial charge on any atom is -0.392 e. The van der Waals surface area contributed by atoms with Gasteiger partial charge in [-0.3, -0.25) is 5.32 Å². The van der Waals surface area contributed by atoms with Crippen LogP contribution in [0.2, 0.25) is 0 Å². The van der Waals surface area contributed by atoms with Gasteiger partial charge in [0.1, 0.15) is 5.54 Å². The van der Waals surface area contributed by atoms with Gasteiger partial charge in [-0.15, -0.1) is 0 Å². The van der Waals surface area contributed by atoms with Gasteiger partial charge in [-0.25, -0.2) is 0 Å². The molecule has 0 bridgehead atoms. The predicted molar refractivity (Wildman–Crippen MR) is 73.0 cm³/mol. The molecule has 4 atom stereocenters. The fourth-order valence-corrected chi connectivity index (χ4v) is 3.31. The van der Waals surface area contributed by atoms with Crippen molar-refractivity contribution >= 4 is 11.8 Å². The van der Waals surface area contributed by atoms with E-state index in [0.29, 0.717) is 11.3 Å². The zero-order valence-corrected chi connectivity index (χ0v) is 12.0. The SMILES string of the molecule is CC(CC(C)(C#N)NC1CC1)SC(C)C(C)O. The van der Waals surface area contributed by atoms with E-state index in [1.165, 1.54) is 12.8 Å². The van der Waals surface area contributed by atoms with Crippen LogP contribution in [0.4, 0.5) is 0 Å². The molecule has 0 amide bonds. The summed E-state index contributed by atoms with van der Waals surface area (Å²) < 4.78 is 0. The Bertz CT molecular complexity index is 286. The molecule has 3 nitrogen and oxygen atoms in total. The first kappa shape index (κ1) is 14.8. The van der Waals surface area contributed by atoms with Crippen LogP contribution in [0.15, 0.2) is 0 Å². The summed E-state index contributed by atoms with van der Waals surface area (Å²) in [6.45, 7) is 7.96. The normalized spacial score (nSPS) is 24.5. The quantitative estimate of drug-likeness (QED) is 0.734. The lowest BCUT2D eigenvalue weighted by atomic mass is 9.98. The molecule has 1 saturated carbocycles. The van der Waals surface area contributed by atoms with E-state index in [-0.39, 0.29) is 11.4 Å². The molecule has 0 aromatic rings. The minimum absolute atomic E-state index is 0.217. The number of aliphatic hydroxyl groups is 1. The minimum atomic E-state index is -0.425. The van der Waals surface area contributed by atoms with E-state index in [4.69, 9.17) is 0 Å². The summed E-state index contributed by atoms with van der Waals surface area (Å²) in [7, 11) is 0. The second kappa shape index (κ2) is 6.08. The highest BCUT2D eigenvalue weighted by atomic mass is 32.2. The van der Waals surface area contributed by atoms with Gasteiger partial charge < -0.3 is 5.11 Å². The van der Waals surface area contributed by atoms with Crippen LogP contribution in [0.1, 0.15) is 47.0 Å². The average molecular weight is 256 g/mol. The largest absolute Gasteiger partial charge is 0.392 e. The molecule has 0 aliphatic heterocycles. The smallest absolute Gasteiger partial charge is 0.105 e. The van der Waals surface area contributed by atoms with Gasteiger partial charge in [-0.2, -0.15) is 17.0 Å². The van der Waals surface area contributed by atoms with Gasteiger partial charge in [0.05, 0.1) is 12.2 Å². The van der Waals surface area contributed by atoms with Crippen LogP contribution in [-0.4, -0.2) is 33.3 Å². The van der Waals surface area contributed by atoms with E-state index in [1.54, 1.807) is 11.8 Å². The van der Waals surface area contributed by atoms with Crippen molar-refractivity contribution in [3.8, 4) is 6.07 Å². The van der Waals surface area contributed by atoms with E-state index in [2.05, 4.69) is 18.3 Å². The number of nitrogens with one attached hydrogen (secondary N) is 1. The van der Waals surface area contributed by atoms with Crippen molar-refractivity contribution in [1.29, 1.82) is 5.26 Å². The third kappa shape index (κ3) is 5.29. The van der Waals surface area contributed by atoms with Gasteiger partial charge in [-0.05, 0) is 33.1 Å². The predicted octanol–water partition coefficient (Wildman–Crippen LogP) is 2.30. The lowest BCUT2D eigenvalue weighted by molar-refractivity contribution is 0.196. The van der Waals surface area contributed by atoms with Crippen molar-refractivity contribution in [2.24, 2.45) is 0 Å². The summed E-state index contributed by atoms with van der Waals surface area (Å²) in [4.78, 5) is 0. The van der Waals surface area contributed by atoms with E-state index < -0.39 is 5.54 Å². The third-order valence-electron chi connectivity index (χ3n) is 3.17. The number of aliphatic hydroxyl groups excluding tert-OH is 1. The van der Waals surface area contributed by atoms with Crippen LogP contribution in [0.3, 0.4) is 0 Å². The van der Waals surface area contributed by atoms with E-state index in [1.807, 2.05) is 20.8 Å². The summed E-state index contributed by atoms with van der Waals surface area (Å²) in [5, 5.41) is 22.8. The van der Waals surface area contributed by atoms with Crippen LogP contribution in [0.5, 0.6) is 0 Å². The van der Waals surface area contributed by atoms with Crippen molar-refractivity contribution in [2.45, 2.75) is 75.1 Å². The van der Waals surface area contributed by atoms with E-state index in [9.17, 15) is 10.4 Å². The molecule has 98 valence electrons. The van der Waals surface area contributed by atoms with Crippen molar-refractivity contribution < 1.29 is 5.11 Å². The fraction of sp³-hybridized carbons (Fsp3) is 0.923. The van der Waals surface area contributed by atoms with Crippen LogP contribution >= 0.6 is 11.8 Å². The number of hydrogen-bond donors (Lipinski definition) is 2. The standard InChI is InChI=1S/C13H24N2OS/c1-9(17-11(3)10(2)16)7-13(4,8-14)15-12-5-6-12/h9-12,15-16H,5-7H2,1-4H3. The summed E-state index contributed by atoms with van der Waals surface area (Å²) in [5.41, 5.74) is -0.425. The Kier molecular flexibility index (Phi) is 5.30. The molecular formula is C13H24N2OS. The van der Waals surface area contributed by atoms with Gasteiger partial charge in [0.25, 0.3) is 0 Å². The Morgan fingerprint density at radius 1 is 1.47 bits per heavy atom. The molecule has 4 heteroatoms. The zero-order chi connectivity index (χ0) is 13.1. The third-order valence-corrected chi connectivity index (χ3v) is 4.62. The molecule has 17 heavy (non-hydrogen) atoms. The summed E-state index contributed by atoms with van der Waals surface area (Å²) in [5.74, 6) is 0. The summed E-state index contributed by atoms with van der Waals surface area (Å²) in [6, 6.07) is 2.94. The molecule has 4 unspecified atom stereocenters. The van der Waals surface area contributed by atoms with Crippen molar-refractivity contribution in [1.82, 2.24) is 5.32 Å². The second-order valence-electron chi connectivity index (χ2n) is 5.46. The van der Waals surface area contributed by atoms with E-state index >= 15 is 0 Å². The van der Waals surface area contributed by atoms with Gasteiger partial charge in [0.15, 0.2) is 0 Å². The Labute approximate surface area is 109 Å². The van der Waals surface area contributed by atoms with Crippen LogP contribution in [-0.2, 0) is 0 Å². The number of hydrogen-bond acceptors (Lipinski definition) is 4. The molecule has 2 N–H and O–H groups in total. The molecular weight excluding hydrogens is 232 g/mol. The fourth-order valence-electron chi connectivity index (χ4n) is 1.92. The highest BCUT2D eigenvalue weighted by Gasteiger charge is 2.34. The highest BCUT2D eigenvalue weighted by molar-refractivity contribution is 8.00. The molecule has 1 aliphatic rings. The Morgan fingerprint density at radius 2 is 2.06 bits per heavy atom. The molecule has 0 aromatic carbocycles. The van der Waals surface area contributed by atoms with E-state index in [0.717, 1.165) is 6.42 Å².